The van der Waals surface area contributed by atoms with Gasteiger partial charge < -0.3 is 15.0 Å². The number of ether oxygens (including phenoxy) is 1. The minimum absolute atomic E-state index is 0.128. The monoisotopic (exact) mass is 388 g/mol. The van der Waals surface area contributed by atoms with Crippen LogP contribution in [0.3, 0.4) is 0 Å². The maximum Gasteiger partial charge on any atom is 0.407 e. The largest absolute Gasteiger partial charge is 0.444 e. The SMILES string of the molecule is CC1CC(NC(=O)OC(C)(C)C)CCN1c1nnc(Cc2ccccc2)s1. The molecule has 2 unspecified atom stereocenters. The van der Waals surface area contributed by atoms with E-state index in [0.717, 1.165) is 35.9 Å². The average Bonchev–Trinajstić information content (AvgIpc) is 3.02. The van der Waals surface area contributed by atoms with Crippen LogP contribution in [0.25, 0.3) is 0 Å². The highest BCUT2D eigenvalue weighted by molar-refractivity contribution is 7.15. The molecule has 1 N–H and O–H groups in total. The molecular weight excluding hydrogens is 360 g/mol. The topological polar surface area (TPSA) is 67.3 Å². The van der Waals surface area contributed by atoms with Crippen molar-refractivity contribution in [3.05, 3.63) is 40.9 Å². The maximum atomic E-state index is 12.0. The highest BCUT2D eigenvalue weighted by atomic mass is 32.1. The number of carbonyl (C=O) groups is 1. The summed E-state index contributed by atoms with van der Waals surface area (Å²) in [6, 6.07) is 10.7. The van der Waals surface area contributed by atoms with E-state index < -0.39 is 5.60 Å². The molecule has 146 valence electrons. The quantitative estimate of drug-likeness (QED) is 0.857. The lowest BCUT2D eigenvalue weighted by Crippen LogP contribution is -2.49. The molecule has 1 aliphatic heterocycles. The number of rotatable bonds is 4. The van der Waals surface area contributed by atoms with Gasteiger partial charge in [0.2, 0.25) is 5.13 Å². The molecule has 1 saturated heterocycles. The molecule has 2 atom stereocenters. The van der Waals surface area contributed by atoms with Crippen molar-refractivity contribution in [1.29, 1.82) is 0 Å². The zero-order valence-corrected chi connectivity index (χ0v) is 17.3. The van der Waals surface area contributed by atoms with Gasteiger partial charge in [-0.1, -0.05) is 41.7 Å². The van der Waals surface area contributed by atoms with Crippen LogP contribution in [0.1, 0.15) is 51.1 Å². The fraction of sp³-hybridized carbons (Fsp3) is 0.550. The number of benzene rings is 1. The van der Waals surface area contributed by atoms with Gasteiger partial charge in [-0.25, -0.2) is 4.79 Å². The first-order valence-electron chi connectivity index (χ1n) is 9.42. The first kappa shape index (κ1) is 19.6. The molecule has 0 radical (unpaired) electrons. The van der Waals surface area contributed by atoms with Crippen LogP contribution in [-0.2, 0) is 11.2 Å². The Morgan fingerprint density at radius 1 is 1.30 bits per heavy atom. The number of nitrogens with zero attached hydrogens (tertiary/aromatic N) is 3. The molecular formula is C20H28N4O2S. The third kappa shape index (κ3) is 5.66. The number of hydrogen-bond acceptors (Lipinski definition) is 6. The van der Waals surface area contributed by atoms with Crippen LogP contribution in [-0.4, -0.2) is 40.5 Å². The Balaban J connectivity index is 1.55. The van der Waals surface area contributed by atoms with Crippen LogP contribution >= 0.6 is 11.3 Å². The smallest absolute Gasteiger partial charge is 0.407 e. The number of anilines is 1. The molecule has 1 aliphatic rings. The third-order valence-electron chi connectivity index (χ3n) is 4.50. The van der Waals surface area contributed by atoms with Gasteiger partial charge in [0.1, 0.15) is 10.6 Å². The lowest BCUT2D eigenvalue weighted by Gasteiger charge is -2.37. The van der Waals surface area contributed by atoms with Crippen molar-refractivity contribution < 1.29 is 9.53 Å². The van der Waals surface area contributed by atoms with Gasteiger partial charge in [0.15, 0.2) is 0 Å². The number of hydrogen-bond donors (Lipinski definition) is 1. The summed E-state index contributed by atoms with van der Waals surface area (Å²) in [5.41, 5.74) is 0.770. The zero-order chi connectivity index (χ0) is 19.4. The van der Waals surface area contributed by atoms with E-state index in [0.29, 0.717) is 0 Å². The van der Waals surface area contributed by atoms with Crippen molar-refractivity contribution >= 4 is 22.6 Å². The summed E-state index contributed by atoms with van der Waals surface area (Å²) in [5, 5.41) is 13.8. The Hall–Kier alpha value is -2.15. The molecule has 6 nitrogen and oxygen atoms in total. The van der Waals surface area contributed by atoms with Crippen molar-refractivity contribution in [1.82, 2.24) is 15.5 Å². The molecule has 0 spiro atoms. The van der Waals surface area contributed by atoms with Gasteiger partial charge in [-0.2, -0.15) is 0 Å². The van der Waals surface area contributed by atoms with Crippen molar-refractivity contribution in [3.8, 4) is 0 Å². The van der Waals surface area contributed by atoms with Crippen LogP contribution in [0.4, 0.5) is 9.93 Å². The first-order valence-corrected chi connectivity index (χ1v) is 10.2. The Labute approximate surface area is 164 Å². The Morgan fingerprint density at radius 2 is 2.04 bits per heavy atom. The molecule has 1 aromatic heterocycles. The van der Waals surface area contributed by atoms with Crippen molar-refractivity contribution in [2.75, 3.05) is 11.4 Å². The number of amides is 1. The Kier molecular flexibility index (Phi) is 5.99. The molecule has 1 amide bonds. The lowest BCUT2D eigenvalue weighted by molar-refractivity contribution is 0.0494. The van der Waals surface area contributed by atoms with E-state index in [-0.39, 0.29) is 18.2 Å². The molecule has 3 rings (SSSR count). The Morgan fingerprint density at radius 3 is 2.70 bits per heavy atom. The van der Waals surface area contributed by atoms with E-state index >= 15 is 0 Å². The number of alkyl carbamates (subject to hydrolysis) is 1. The fourth-order valence-corrected chi connectivity index (χ4v) is 4.27. The number of carbonyl (C=O) groups excluding carboxylic acids is 1. The van der Waals surface area contributed by atoms with Crippen LogP contribution in [0.15, 0.2) is 30.3 Å². The predicted octanol–water partition coefficient (Wildman–Crippen LogP) is 4.01. The molecule has 7 heteroatoms. The van der Waals surface area contributed by atoms with Gasteiger partial charge in [0, 0.05) is 25.0 Å². The van der Waals surface area contributed by atoms with Crippen molar-refractivity contribution in [2.45, 2.75) is 64.6 Å². The van der Waals surface area contributed by atoms with Crippen LogP contribution in [0.2, 0.25) is 0 Å². The third-order valence-corrected chi connectivity index (χ3v) is 5.46. The summed E-state index contributed by atoms with van der Waals surface area (Å²) >= 11 is 1.65. The highest BCUT2D eigenvalue weighted by Crippen LogP contribution is 2.28. The standard InChI is InChI=1S/C20H28N4O2S/c1-14-12-16(21-19(25)26-20(2,3)4)10-11-24(14)18-23-22-17(27-18)13-15-8-6-5-7-9-15/h5-9,14,16H,10-13H2,1-4H3,(H,21,25). The minimum atomic E-state index is -0.474. The molecule has 1 aromatic carbocycles. The normalized spacial score (nSPS) is 20.4. The number of piperidine rings is 1. The van der Waals surface area contributed by atoms with E-state index in [1.54, 1.807) is 11.3 Å². The number of nitrogens with one attached hydrogen (secondary N) is 1. The summed E-state index contributed by atoms with van der Waals surface area (Å²) < 4.78 is 5.36. The summed E-state index contributed by atoms with van der Waals surface area (Å²) in [4.78, 5) is 14.3. The van der Waals surface area contributed by atoms with Gasteiger partial charge in [-0.15, -0.1) is 10.2 Å². The van der Waals surface area contributed by atoms with E-state index in [4.69, 9.17) is 4.74 Å². The summed E-state index contributed by atoms with van der Waals surface area (Å²) in [6.45, 7) is 8.64. The predicted molar refractivity (Wildman–Crippen MR) is 108 cm³/mol. The van der Waals surface area contributed by atoms with E-state index in [1.807, 2.05) is 39.0 Å². The zero-order valence-electron chi connectivity index (χ0n) is 16.4. The number of aromatic nitrogens is 2. The Bertz CT molecular complexity index is 757. The highest BCUT2D eigenvalue weighted by Gasteiger charge is 2.29. The summed E-state index contributed by atoms with van der Waals surface area (Å²) in [6.07, 6.45) is 2.21. The molecule has 0 aliphatic carbocycles. The van der Waals surface area contributed by atoms with Gasteiger partial charge in [0.25, 0.3) is 0 Å². The van der Waals surface area contributed by atoms with Crippen molar-refractivity contribution in [3.63, 3.8) is 0 Å². The second kappa shape index (κ2) is 8.25. The lowest BCUT2D eigenvalue weighted by atomic mass is 9.99. The second-order valence-corrected chi connectivity index (χ2v) is 9.09. The van der Waals surface area contributed by atoms with E-state index in [1.165, 1.54) is 5.56 Å². The molecule has 2 heterocycles. The molecule has 27 heavy (non-hydrogen) atoms. The van der Waals surface area contributed by atoms with Crippen LogP contribution < -0.4 is 10.2 Å². The van der Waals surface area contributed by atoms with Gasteiger partial charge in [0.05, 0.1) is 0 Å². The average molecular weight is 389 g/mol. The minimum Gasteiger partial charge on any atom is -0.444 e. The van der Waals surface area contributed by atoms with Crippen LogP contribution in [0, 0.1) is 0 Å². The fourth-order valence-electron chi connectivity index (χ4n) is 3.26. The van der Waals surface area contributed by atoms with Gasteiger partial charge in [-0.05, 0) is 46.1 Å². The molecule has 0 bridgehead atoms. The van der Waals surface area contributed by atoms with Gasteiger partial charge in [-0.3, -0.25) is 0 Å². The molecule has 1 fully saturated rings. The maximum absolute atomic E-state index is 12.0. The van der Waals surface area contributed by atoms with Crippen LogP contribution in [0.5, 0.6) is 0 Å². The molecule has 2 aromatic rings. The summed E-state index contributed by atoms with van der Waals surface area (Å²) in [7, 11) is 0. The van der Waals surface area contributed by atoms with E-state index in [2.05, 4.69) is 39.5 Å². The van der Waals surface area contributed by atoms with Crippen molar-refractivity contribution in [2.24, 2.45) is 0 Å². The second-order valence-electron chi connectivity index (χ2n) is 8.05. The first-order chi connectivity index (χ1) is 12.8. The van der Waals surface area contributed by atoms with E-state index in [9.17, 15) is 4.79 Å². The van der Waals surface area contributed by atoms with Gasteiger partial charge >= 0.3 is 6.09 Å². The summed E-state index contributed by atoms with van der Waals surface area (Å²) in [5.74, 6) is 0. The molecule has 0 saturated carbocycles.